The average Bonchev–Trinajstić information content (AvgIpc) is 3.19. The van der Waals surface area contributed by atoms with Crippen molar-refractivity contribution in [2.24, 2.45) is 11.8 Å². The lowest BCUT2D eigenvalue weighted by atomic mass is 9.74. The summed E-state index contributed by atoms with van der Waals surface area (Å²) in [5, 5.41) is 11.9. The van der Waals surface area contributed by atoms with Gasteiger partial charge in [0.2, 0.25) is 0 Å². The molecule has 0 radical (unpaired) electrons. The molecule has 1 aliphatic carbocycles. The van der Waals surface area contributed by atoms with Crippen LogP contribution in [0.15, 0.2) is 29.0 Å². The van der Waals surface area contributed by atoms with Crippen molar-refractivity contribution < 1.29 is 14.6 Å². The summed E-state index contributed by atoms with van der Waals surface area (Å²) < 4.78 is 6.14. The third kappa shape index (κ3) is 4.99. The lowest BCUT2D eigenvalue weighted by molar-refractivity contribution is -0.151. The van der Waals surface area contributed by atoms with Gasteiger partial charge >= 0.3 is 5.97 Å². The van der Waals surface area contributed by atoms with E-state index in [0.29, 0.717) is 11.6 Å². The Hall–Kier alpha value is -1.31. The minimum Gasteiger partial charge on any atom is -0.465 e. The molecule has 1 unspecified atom stereocenters. The number of rotatable bonds is 7. The minimum atomic E-state index is -1.01. The summed E-state index contributed by atoms with van der Waals surface area (Å²) in [6.45, 7) is 4.44. The molecule has 7 heteroatoms. The van der Waals surface area contributed by atoms with Crippen LogP contribution in [0.2, 0.25) is 0 Å². The first-order valence-corrected chi connectivity index (χ1v) is 11.5. The van der Waals surface area contributed by atoms with Gasteiger partial charge in [0.15, 0.2) is 0 Å². The third-order valence-electron chi connectivity index (χ3n) is 5.50. The number of aliphatic hydroxyl groups is 1. The minimum absolute atomic E-state index is 0.0402. The molecule has 3 rings (SSSR count). The van der Waals surface area contributed by atoms with E-state index in [2.05, 4.69) is 32.8 Å². The van der Waals surface area contributed by atoms with E-state index in [1.54, 1.807) is 6.20 Å². The van der Waals surface area contributed by atoms with Gasteiger partial charge in [-0.3, -0.25) is 4.79 Å². The predicted octanol–water partition coefficient (Wildman–Crippen LogP) is 5.32. The van der Waals surface area contributed by atoms with Crippen molar-refractivity contribution >= 4 is 33.2 Å². The maximum Gasteiger partial charge on any atom is 0.308 e. The van der Waals surface area contributed by atoms with Crippen molar-refractivity contribution in [1.29, 1.82) is 0 Å². The van der Waals surface area contributed by atoms with Gasteiger partial charge in [0.25, 0.3) is 0 Å². The van der Waals surface area contributed by atoms with Crippen LogP contribution in [0.3, 0.4) is 0 Å². The fourth-order valence-electron chi connectivity index (χ4n) is 3.67. The molecule has 2 aromatic rings. The van der Waals surface area contributed by atoms with Gasteiger partial charge in [0, 0.05) is 6.20 Å². The van der Waals surface area contributed by atoms with Crippen molar-refractivity contribution in [2.75, 3.05) is 6.61 Å². The molecule has 0 aliphatic heterocycles. The maximum absolute atomic E-state index is 12.2. The Bertz CT molecular complexity index is 800. The van der Waals surface area contributed by atoms with Crippen LogP contribution in [0, 0.1) is 11.8 Å². The van der Waals surface area contributed by atoms with Gasteiger partial charge < -0.3 is 9.84 Å². The summed E-state index contributed by atoms with van der Waals surface area (Å²) in [6.07, 6.45) is 6.83. The highest BCUT2D eigenvalue weighted by atomic mass is 79.9. The number of hydrogen-bond donors (Lipinski definition) is 1. The zero-order valence-electron chi connectivity index (χ0n) is 16.4. The molecule has 0 aromatic carbocycles. The topological polar surface area (TPSA) is 72.3 Å². The van der Waals surface area contributed by atoms with E-state index in [1.807, 2.05) is 25.1 Å². The average molecular weight is 467 g/mol. The number of nitrogens with zero attached hydrogens (tertiary/aromatic N) is 2. The predicted molar refractivity (Wildman–Crippen MR) is 114 cm³/mol. The van der Waals surface area contributed by atoms with E-state index >= 15 is 0 Å². The van der Waals surface area contributed by atoms with Gasteiger partial charge in [0.05, 0.1) is 23.1 Å². The summed E-state index contributed by atoms with van der Waals surface area (Å²) in [5.41, 5.74) is -0.168. The molecule has 28 heavy (non-hydrogen) atoms. The van der Waals surface area contributed by atoms with E-state index in [1.165, 1.54) is 11.3 Å². The van der Waals surface area contributed by atoms with Crippen LogP contribution in [0.25, 0.3) is 10.6 Å². The molecule has 2 heterocycles. The highest BCUT2D eigenvalue weighted by Gasteiger charge is 2.40. The lowest BCUT2D eigenvalue weighted by Crippen LogP contribution is -2.36. The molecular weight excluding hydrogens is 440 g/mol. The zero-order chi connectivity index (χ0) is 20.1. The Balaban J connectivity index is 1.62. The van der Waals surface area contributed by atoms with Crippen LogP contribution in [0.5, 0.6) is 0 Å². The molecule has 0 bridgehead atoms. The van der Waals surface area contributed by atoms with Gasteiger partial charge in [-0.15, -0.1) is 11.3 Å². The Morgan fingerprint density at radius 1 is 1.36 bits per heavy atom. The second-order valence-corrected chi connectivity index (χ2v) is 9.44. The number of ether oxygens (including phenoxy) is 1. The number of carbonyl (C=O) groups is 1. The molecule has 0 spiro atoms. The van der Waals surface area contributed by atoms with E-state index in [4.69, 9.17) is 4.74 Å². The molecule has 2 aromatic heterocycles. The number of unbranched alkanes of at least 4 members (excludes halogenated alkanes) is 1. The lowest BCUT2D eigenvalue weighted by Gasteiger charge is -2.36. The van der Waals surface area contributed by atoms with Gasteiger partial charge in [0.1, 0.15) is 15.2 Å². The zero-order valence-corrected chi connectivity index (χ0v) is 18.8. The maximum atomic E-state index is 12.2. The van der Waals surface area contributed by atoms with Gasteiger partial charge in [-0.1, -0.05) is 19.4 Å². The first-order valence-electron chi connectivity index (χ1n) is 9.90. The highest BCUT2D eigenvalue weighted by molar-refractivity contribution is 9.10. The normalized spacial score (nSPS) is 21.9. The van der Waals surface area contributed by atoms with E-state index in [9.17, 15) is 9.90 Å². The fourth-order valence-corrected chi connectivity index (χ4v) is 5.03. The van der Waals surface area contributed by atoms with Crippen LogP contribution in [-0.4, -0.2) is 27.7 Å². The summed E-state index contributed by atoms with van der Waals surface area (Å²) in [6, 6.07) is 5.75. The summed E-state index contributed by atoms with van der Waals surface area (Å²) >= 11 is 4.87. The highest BCUT2D eigenvalue weighted by Crippen LogP contribution is 2.43. The van der Waals surface area contributed by atoms with Crippen LogP contribution < -0.4 is 0 Å². The van der Waals surface area contributed by atoms with Crippen molar-refractivity contribution in [2.45, 2.75) is 58.0 Å². The quantitative estimate of drug-likeness (QED) is 0.339. The summed E-state index contributed by atoms with van der Waals surface area (Å²) in [5.74, 6) is -0.0351. The number of thiazole rings is 1. The Morgan fingerprint density at radius 2 is 2.11 bits per heavy atom. The standard InChI is InChI=1S/C21H27BrN2O3S/c1-3-4-12-27-19(25)14-8-10-15(11-9-14)21(2,26)20-23-13-17(28-20)16-6-5-7-18(22)24-16/h5-7,13-15,26H,3-4,8-12H2,1-2H3/t14-,15-,21?. The van der Waals surface area contributed by atoms with Gasteiger partial charge in [-0.25, -0.2) is 9.97 Å². The monoisotopic (exact) mass is 466 g/mol. The van der Waals surface area contributed by atoms with E-state index in [-0.39, 0.29) is 17.8 Å². The van der Waals surface area contributed by atoms with Crippen LogP contribution in [0.1, 0.15) is 57.4 Å². The number of pyridine rings is 1. The Morgan fingerprint density at radius 3 is 2.79 bits per heavy atom. The molecule has 0 saturated heterocycles. The smallest absolute Gasteiger partial charge is 0.308 e. The Kier molecular flexibility index (Phi) is 7.23. The molecule has 1 saturated carbocycles. The molecule has 1 fully saturated rings. The number of esters is 1. The Labute approximate surface area is 178 Å². The molecule has 1 atom stereocenters. The van der Waals surface area contributed by atoms with Crippen molar-refractivity contribution in [1.82, 2.24) is 9.97 Å². The molecule has 5 nitrogen and oxygen atoms in total. The summed E-state index contributed by atoms with van der Waals surface area (Å²) in [7, 11) is 0. The SMILES string of the molecule is CCCCOC(=O)[C@H]1CC[C@H](C(C)(O)c2ncc(-c3cccc(Br)n3)s2)CC1. The van der Waals surface area contributed by atoms with Crippen molar-refractivity contribution in [3.8, 4) is 10.6 Å². The fraction of sp³-hybridized carbons (Fsp3) is 0.571. The van der Waals surface area contributed by atoms with Crippen molar-refractivity contribution in [3.63, 3.8) is 0 Å². The molecule has 0 amide bonds. The van der Waals surface area contributed by atoms with E-state index < -0.39 is 5.60 Å². The second kappa shape index (κ2) is 9.46. The largest absolute Gasteiger partial charge is 0.465 e. The molecule has 1 aliphatic rings. The van der Waals surface area contributed by atoms with Crippen molar-refractivity contribution in [3.05, 3.63) is 34.0 Å². The van der Waals surface area contributed by atoms with Gasteiger partial charge in [-0.05, 0) is 73.0 Å². The van der Waals surface area contributed by atoms with Crippen LogP contribution in [-0.2, 0) is 15.1 Å². The first-order chi connectivity index (χ1) is 13.4. The third-order valence-corrected chi connectivity index (χ3v) is 7.19. The number of carbonyl (C=O) groups excluding carboxylic acids is 1. The number of hydrogen-bond acceptors (Lipinski definition) is 6. The van der Waals surface area contributed by atoms with Gasteiger partial charge in [-0.2, -0.15) is 0 Å². The van der Waals surface area contributed by atoms with E-state index in [0.717, 1.165) is 53.7 Å². The molecular formula is C21H27BrN2O3S. The first kappa shape index (κ1) is 21.4. The number of aromatic nitrogens is 2. The molecule has 1 N–H and O–H groups in total. The van der Waals surface area contributed by atoms with Crippen LogP contribution >= 0.6 is 27.3 Å². The summed E-state index contributed by atoms with van der Waals surface area (Å²) in [4.78, 5) is 22.1. The number of halogens is 1. The van der Waals surface area contributed by atoms with Crippen LogP contribution in [0.4, 0.5) is 0 Å². The second-order valence-electron chi connectivity index (χ2n) is 7.59. The molecule has 152 valence electrons.